The second-order valence-corrected chi connectivity index (χ2v) is 1.78. The van der Waals surface area contributed by atoms with Crippen LogP contribution in [0.25, 0.3) is 0 Å². The van der Waals surface area contributed by atoms with Crippen LogP contribution in [-0.2, 0) is 4.74 Å². The average Bonchev–Trinajstić information content (AvgIpc) is 1.35. The summed E-state index contributed by atoms with van der Waals surface area (Å²) in [5, 5.41) is 0. The Bertz CT molecular complexity index is 56.9. The van der Waals surface area contributed by atoms with E-state index in [0.29, 0.717) is 11.0 Å². The minimum atomic E-state index is 0. The van der Waals surface area contributed by atoms with E-state index in [1.165, 1.54) is 0 Å². The van der Waals surface area contributed by atoms with Crippen LogP contribution in [0.3, 0.4) is 0 Å². The van der Waals surface area contributed by atoms with Crippen molar-refractivity contribution in [3.63, 3.8) is 0 Å². The molecular weight excluding hydrogens is 155 g/mol. The molecule has 4 heteroatoms. The largest absolute Gasteiger partial charge is 1.00 e. The molecule has 0 saturated heterocycles. The Hall–Kier alpha value is 1.88. The van der Waals surface area contributed by atoms with Gasteiger partial charge in [-0.3, -0.25) is 0 Å². The van der Waals surface area contributed by atoms with E-state index >= 15 is 0 Å². The van der Waals surface area contributed by atoms with Crippen molar-refractivity contribution < 1.29 is 56.1 Å². The minimum absolute atomic E-state index is 0. The van der Waals surface area contributed by atoms with Crippen molar-refractivity contribution >= 4 is 29.2 Å². The molecule has 0 unspecified atom stereocenters. The maximum Gasteiger partial charge on any atom is 1.00 e. The molecule has 0 atom stereocenters. The van der Waals surface area contributed by atoms with Crippen molar-refractivity contribution in [2.45, 2.75) is 6.92 Å². The fraction of sp³-hybridized carbons (Fsp3) is 0.667. The van der Waals surface area contributed by atoms with Crippen molar-refractivity contribution in [1.29, 1.82) is 0 Å². The minimum Gasteiger partial charge on any atom is -0.479 e. The molecule has 36 valence electrons. The Morgan fingerprint density at radius 2 is 2.29 bits per heavy atom. The summed E-state index contributed by atoms with van der Waals surface area (Å²) < 4.78 is 4.95. The van der Waals surface area contributed by atoms with Crippen LogP contribution in [0.4, 0.5) is 0 Å². The Morgan fingerprint density at radius 1 is 1.86 bits per heavy atom. The summed E-state index contributed by atoms with van der Waals surface area (Å²) in [6.07, 6.45) is 0. The van der Waals surface area contributed by atoms with E-state index in [2.05, 4.69) is 29.6 Å². The van der Waals surface area contributed by atoms with Gasteiger partial charge < -0.3 is 4.74 Å². The maximum atomic E-state index is 4.64. The van der Waals surface area contributed by atoms with Gasteiger partial charge in [-0.25, -0.2) is 0 Å². The topological polar surface area (TPSA) is 9.23 Å². The van der Waals surface area contributed by atoms with Crippen molar-refractivity contribution in [3.05, 3.63) is 0 Å². The molecule has 0 bridgehead atoms. The van der Waals surface area contributed by atoms with Gasteiger partial charge in [0.1, 0.15) is 0 Å². The normalized spacial score (nSPS) is 6.57. The summed E-state index contributed by atoms with van der Waals surface area (Å²) in [5.74, 6) is 0. The summed E-state index contributed by atoms with van der Waals surface area (Å²) in [6.45, 7) is 2.48. The van der Waals surface area contributed by atoms with Crippen molar-refractivity contribution in [3.8, 4) is 0 Å². The number of hydrogen-bond donors (Lipinski definition) is 1. The summed E-state index contributed by atoms with van der Waals surface area (Å²) in [4.78, 5) is 0. The number of thiol groups is 1. The molecule has 0 aliphatic rings. The zero-order valence-corrected chi connectivity index (χ0v) is 9.30. The van der Waals surface area contributed by atoms with Crippen LogP contribution in [0.5, 0.6) is 0 Å². The van der Waals surface area contributed by atoms with Crippen LogP contribution in [0.2, 0.25) is 0 Å². The molecule has 0 rings (SSSR count). The first kappa shape index (κ1) is 11.6. The number of rotatable bonds is 1. The van der Waals surface area contributed by atoms with Gasteiger partial charge in [0.2, 0.25) is 4.38 Å². The van der Waals surface area contributed by atoms with E-state index in [1.54, 1.807) is 0 Å². The van der Waals surface area contributed by atoms with E-state index in [9.17, 15) is 0 Å². The third-order valence-corrected chi connectivity index (χ3v) is 0.515. The Morgan fingerprint density at radius 3 is 2.29 bits per heavy atom. The molecule has 0 aliphatic heterocycles. The molecule has 0 aliphatic carbocycles. The molecule has 0 amide bonds. The smallest absolute Gasteiger partial charge is 0.479 e. The van der Waals surface area contributed by atoms with Gasteiger partial charge in [0.25, 0.3) is 0 Å². The van der Waals surface area contributed by atoms with E-state index in [1.807, 2.05) is 6.92 Å². The van der Waals surface area contributed by atoms with Gasteiger partial charge in [-0.2, -0.15) is 0 Å². The van der Waals surface area contributed by atoms with Gasteiger partial charge in [-0.15, -0.1) is 0 Å². The van der Waals surface area contributed by atoms with E-state index in [0.717, 1.165) is 0 Å². The second kappa shape index (κ2) is 7.88. The quantitative estimate of drug-likeness (QED) is 0.277. The predicted molar refractivity (Wildman–Crippen MR) is 33.2 cm³/mol. The second-order valence-electron chi connectivity index (χ2n) is 0.699. The first-order valence-corrected chi connectivity index (χ1v) is 2.48. The molecule has 0 aromatic heterocycles. The number of ether oxygens (including phenoxy) is 1. The Labute approximate surface area is 97.0 Å². The third-order valence-electron chi connectivity index (χ3n) is 0.268. The predicted octanol–water partition coefficient (Wildman–Crippen LogP) is -1.76. The van der Waals surface area contributed by atoms with Gasteiger partial charge in [0.15, 0.2) is 0 Å². The van der Waals surface area contributed by atoms with Gasteiger partial charge in [-0.1, -0.05) is 12.6 Å². The molecule has 0 saturated carbocycles. The van der Waals surface area contributed by atoms with E-state index in [-0.39, 0.29) is 51.4 Å². The molecule has 0 aromatic rings. The standard InChI is InChI=1S/C3H6OS2.K/c1-2-4-3(5)6;/h2H2,1H3,(H,5,6);/q;+1. The number of hydrogen-bond acceptors (Lipinski definition) is 2. The van der Waals surface area contributed by atoms with Crippen LogP contribution in [0, 0.1) is 0 Å². The van der Waals surface area contributed by atoms with Crippen LogP contribution in [-0.4, -0.2) is 11.0 Å². The molecular formula is C3H6KOS2+. The zero-order chi connectivity index (χ0) is 4.99. The van der Waals surface area contributed by atoms with Crippen LogP contribution in [0.1, 0.15) is 6.92 Å². The fourth-order valence-electron chi connectivity index (χ4n) is 0.123. The Balaban J connectivity index is 0. The zero-order valence-electron chi connectivity index (χ0n) is 4.47. The van der Waals surface area contributed by atoms with Crippen LogP contribution in [0.15, 0.2) is 0 Å². The van der Waals surface area contributed by atoms with E-state index < -0.39 is 0 Å². The molecule has 0 spiro atoms. The van der Waals surface area contributed by atoms with Gasteiger partial charge in [-0.05, 0) is 19.1 Å². The van der Waals surface area contributed by atoms with Crippen molar-refractivity contribution in [1.82, 2.24) is 0 Å². The van der Waals surface area contributed by atoms with E-state index in [4.69, 9.17) is 0 Å². The third kappa shape index (κ3) is 11.4. The Kier molecular flexibility index (Phi) is 13.1. The number of thiocarbonyl (C=S) groups is 1. The first-order valence-electron chi connectivity index (χ1n) is 1.63. The monoisotopic (exact) mass is 161 g/mol. The van der Waals surface area contributed by atoms with Gasteiger partial charge in [0, 0.05) is 0 Å². The average molecular weight is 161 g/mol. The molecule has 0 heterocycles. The van der Waals surface area contributed by atoms with Gasteiger partial charge >= 0.3 is 51.4 Å². The first-order chi connectivity index (χ1) is 2.77. The molecule has 1 nitrogen and oxygen atoms in total. The molecule has 0 N–H and O–H groups in total. The summed E-state index contributed by atoms with van der Waals surface area (Å²) in [6, 6.07) is 0. The molecule has 0 fully saturated rings. The molecule has 0 radical (unpaired) electrons. The molecule has 0 aromatic carbocycles. The fourth-order valence-corrected chi connectivity index (χ4v) is 0.370. The SMILES string of the molecule is CCOC(=S)S.[K+]. The summed E-state index contributed by atoms with van der Waals surface area (Å²) >= 11 is 8.12. The summed E-state index contributed by atoms with van der Waals surface area (Å²) in [7, 11) is 0. The maximum absolute atomic E-state index is 4.64. The van der Waals surface area contributed by atoms with Crippen LogP contribution >= 0.6 is 24.8 Å². The molecule has 7 heavy (non-hydrogen) atoms. The van der Waals surface area contributed by atoms with Crippen molar-refractivity contribution in [2.75, 3.05) is 6.61 Å². The van der Waals surface area contributed by atoms with Gasteiger partial charge in [0.05, 0.1) is 6.61 Å². The van der Waals surface area contributed by atoms with Crippen molar-refractivity contribution in [2.24, 2.45) is 0 Å². The van der Waals surface area contributed by atoms with Crippen LogP contribution < -0.4 is 51.4 Å². The summed E-state index contributed by atoms with van der Waals surface area (Å²) in [5.41, 5.74) is 0.